The highest BCUT2D eigenvalue weighted by atomic mass is 32.2. The first kappa shape index (κ1) is 22.4. The van der Waals surface area contributed by atoms with E-state index in [1.807, 2.05) is 84.9 Å². The number of benzene rings is 3. The highest BCUT2D eigenvalue weighted by molar-refractivity contribution is 7.99. The molecule has 0 fully saturated rings. The van der Waals surface area contributed by atoms with Crippen molar-refractivity contribution in [3.63, 3.8) is 0 Å². The summed E-state index contributed by atoms with van der Waals surface area (Å²) in [7, 11) is 0. The number of ether oxygens (including phenoxy) is 1. The minimum atomic E-state index is -0.599. The van der Waals surface area contributed by atoms with Gasteiger partial charge in [0.15, 0.2) is 0 Å². The summed E-state index contributed by atoms with van der Waals surface area (Å²) in [6.45, 7) is 1.94. The molecular weight excluding hydrogens is 408 g/mol. The normalized spacial score (nSPS) is 11.4. The number of amides is 2. The number of thioether (sulfide) groups is 1. The Bertz CT molecular complexity index is 963. The average molecular weight is 435 g/mol. The summed E-state index contributed by atoms with van der Waals surface area (Å²) < 4.78 is 5.80. The highest BCUT2D eigenvalue weighted by Crippen LogP contribution is 2.25. The van der Waals surface area contributed by atoms with E-state index in [4.69, 9.17) is 4.74 Å². The molecule has 0 spiro atoms. The molecule has 1 unspecified atom stereocenters. The Balaban J connectivity index is 1.50. The first-order valence-electron chi connectivity index (χ1n) is 10.1. The van der Waals surface area contributed by atoms with Crippen LogP contribution >= 0.6 is 11.8 Å². The summed E-state index contributed by atoms with van der Waals surface area (Å²) in [5.41, 5.74) is 1.16. The Hall–Kier alpha value is -3.25. The molecule has 2 amide bonds. The van der Waals surface area contributed by atoms with Crippen molar-refractivity contribution in [3.8, 4) is 11.5 Å². The molecule has 3 rings (SSSR count). The van der Waals surface area contributed by atoms with E-state index in [9.17, 15) is 9.59 Å². The Morgan fingerprint density at radius 2 is 1.48 bits per heavy atom. The molecule has 0 heterocycles. The van der Waals surface area contributed by atoms with Crippen molar-refractivity contribution in [3.05, 3.63) is 90.5 Å². The molecule has 0 aromatic heterocycles. The van der Waals surface area contributed by atoms with Crippen LogP contribution in [0.2, 0.25) is 0 Å². The second-order valence-electron chi connectivity index (χ2n) is 6.98. The number of rotatable bonds is 10. The predicted octanol–water partition coefficient (Wildman–Crippen LogP) is 4.43. The monoisotopic (exact) mass is 434 g/mol. The molecule has 1 atom stereocenters. The summed E-state index contributed by atoms with van der Waals surface area (Å²) in [6, 6.07) is 26.6. The zero-order chi connectivity index (χ0) is 21.9. The lowest BCUT2D eigenvalue weighted by Crippen LogP contribution is -2.48. The van der Waals surface area contributed by atoms with E-state index < -0.39 is 6.04 Å². The van der Waals surface area contributed by atoms with E-state index in [2.05, 4.69) is 10.6 Å². The lowest BCUT2D eigenvalue weighted by molar-refractivity contribution is -0.127. The number of hydrogen-bond acceptors (Lipinski definition) is 4. The molecule has 3 aromatic carbocycles. The summed E-state index contributed by atoms with van der Waals surface area (Å²) >= 11 is 1.51. The van der Waals surface area contributed by atoms with E-state index in [0.717, 1.165) is 28.4 Å². The lowest BCUT2D eigenvalue weighted by Gasteiger charge is -2.17. The number of carbonyl (C=O) groups is 2. The molecule has 0 aliphatic carbocycles. The highest BCUT2D eigenvalue weighted by Gasteiger charge is 2.19. The van der Waals surface area contributed by atoms with Crippen LogP contribution in [0.25, 0.3) is 0 Å². The minimum Gasteiger partial charge on any atom is -0.457 e. The SMILES string of the molecule is CC(=O)NC(CSc1ccc(Oc2ccccc2)cc1)C(=O)NCCc1ccccc1. The quantitative estimate of drug-likeness (QED) is 0.463. The lowest BCUT2D eigenvalue weighted by atomic mass is 10.1. The smallest absolute Gasteiger partial charge is 0.243 e. The van der Waals surface area contributed by atoms with Gasteiger partial charge in [-0.15, -0.1) is 11.8 Å². The van der Waals surface area contributed by atoms with Gasteiger partial charge < -0.3 is 15.4 Å². The van der Waals surface area contributed by atoms with Crippen LogP contribution in [0.4, 0.5) is 0 Å². The molecule has 0 radical (unpaired) electrons. The molecule has 3 aromatic rings. The van der Waals surface area contributed by atoms with Gasteiger partial charge in [0.2, 0.25) is 11.8 Å². The van der Waals surface area contributed by atoms with Gasteiger partial charge in [0, 0.05) is 24.1 Å². The molecule has 5 nitrogen and oxygen atoms in total. The first-order valence-corrected chi connectivity index (χ1v) is 11.1. The number of hydrogen-bond donors (Lipinski definition) is 2. The van der Waals surface area contributed by atoms with Gasteiger partial charge in [-0.25, -0.2) is 0 Å². The van der Waals surface area contributed by atoms with Crippen LogP contribution in [-0.2, 0) is 16.0 Å². The van der Waals surface area contributed by atoms with Crippen LogP contribution in [0.15, 0.2) is 89.8 Å². The maximum atomic E-state index is 12.6. The fourth-order valence-corrected chi connectivity index (χ4v) is 3.86. The maximum absolute atomic E-state index is 12.6. The van der Waals surface area contributed by atoms with Crippen molar-refractivity contribution in [1.29, 1.82) is 0 Å². The summed E-state index contributed by atoms with van der Waals surface area (Å²) in [5, 5.41) is 5.67. The molecule has 31 heavy (non-hydrogen) atoms. The van der Waals surface area contributed by atoms with Gasteiger partial charge in [-0.1, -0.05) is 48.5 Å². The zero-order valence-electron chi connectivity index (χ0n) is 17.4. The molecular formula is C25H26N2O3S. The van der Waals surface area contributed by atoms with Crippen LogP contribution in [0.3, 0.4) is 0 Å². The minimum absolute atomic E-state index is 0.178. The number of para-hydroxylation sites is 1. The predicted molar refractivity (Wildman–Crippen MR) is 124 cm³/mol. The molecule has 0 saturated carbocycles. The molecule has 0 bridgehead atoms. The van der Waals surface area contributed by atoms with Crippen molar-refractivity contribution < 1.29 is 14.3 Å². The van der Waals surface area contributed by atoms with E-state index in [0.29, 0.717) is 12.3 Å². The second-order valence-corrected chi connectivity index (χ2v) is 8.07. The zero-order valence-corrected chi connectivity index (χ0v) is 18.2. The Kier molecular flexibility index (Phi) is 8.55. The second kappa shape index (κ2) is 11.8. The van der Waals surface area contributed by atoms with Crippen LogP contribution in [0.5, 0.6) is 11.5 Å². The fraction of sp³-hybridized carbons (Fsp3) is 0.200. The van der Waals surface area contributed by atoms with Crippen LogP contribution in [-0.4, -0.2) is 30.2 Å². The third-order valence-corrected chi connectivity index (χ3v) is 5.57. The first-order chi connectivity index (χ1) is 15.1. The summed E-state index contributed by atoms with van der Waals surface area (Å²) in [4.78, 5) is 25.1. The van der Waals surface area contributed by atoms with Crippen molar-refractivity contribution in [1.82, 2.24) is 10.6 Å². The van der Waals surface area contributed by atoms with E-state index in [1.54, 1.807) is 0 Å². The van der Waals surface area contributed by atoms with Crippen molar-refractivity contribution in [2.24, 2.45) is 0 Å². The summed E-state index contributed by atoms with van der Waals surface area (Å²) in [5.74, 6) is 1.56. The fourth-order valence-electron chi connectivity index (χ4n) is 2.93. The van der Waals surface area contributed by atoms with Crippen LogP contribution < -0.4 is 15.4 Å². The molecule has 160 valence electrons. The third-order valence-electron chi connectivity index (χ3n) is 4.47. The molecule has 0 aliphatic heterocycles. The Labute approximate surface area is 187 Å². The van der Waals surface area contributed by atoms with E-state index in [-0.39, 0.29) is 11.8 Å². The van der Waals surface area contributed by atoms with Gasteiger partial charge in [-0.2, -0.15) is 0 Å². The van der Waals surface area contributed by atoms with Gasteiger partial charge in [-0.05, 0) is 48.4 Å². The molecule has 0 saturated heterocycles. The summed E-state index contributed by atoms with van der Waals surface area (Å²) in [6.07, 6.45) is 0.745. The van der Waals surface area contributed by atoms with Gasteiger partial charge >= 0.3 is 0 Å². The van der Waals surface area contributed by atoms with Crippen molar-refractivity contribution >= 4 is 23.6 Å². The number of nitrogens with one attached hydrogen (secondary N) is 2. The number of carbonyl (C=O) groups excluding carboxylic acids is 2. The molecule has 0 aliphatic rings. The van der Waals surface area contributed by atoms with Gasteiger partial charge in [0.05, 0.1) is 0 Å². The largest absolute Gasteiger partial charge is 0.457 e. The van der Waals surface area contributed by atoms with E-state index in [1.165, 1.54) is 18.7 Å². The van der Waals surface area contributed by atoms with Crippen molar-refractivity contribution in [2.45, 2.75) is 24.3 Å². The van der Waals surface area contributed by atoms with Crippen LogP contribution in [0, 0.1) is 0 Å². The van der Waals surface area contributed by atoms with Gasteiger partial charge in [0.25, 0.3) is 0 Å². The Morgan fingerprint density at radius 3 is 2.13 bits per heavy atom. The van der Waals surface area contributed by atoms with Gasteiger partial charge in [-0.3, -0.25) is 9.59 Å². The maximum Gasteiger partial charge on any atom is 0.243 e. The Morgan fingerprint density at radius 1 is 0.871 bits per heavy atom. The van der Waals surface area contributed by atoms with Crippen molar-refractivity contribution in [2.75, 3.05) is 12.3 Å². The molecule has 2 N–H and O–H groups in total. The van der Waals surface area contributed by atoms with Crippen LogP contribution in [0.1, 0.15) is 12.5 Å². The standard InChI is InChI=1S/C25H26N2O3S/c1-19(28)27-24(25(29)26-17-16-20-8-4-2-5-9-20)18-31-23-14-12-22(13-15-23)30-21-10-6-3-7-11-21/h2-15,24H,16-18H2,1H3,(H,26,29)(H,27,28). The van der Waals surface area contributed by atoms with Gasteiger partial charge in [0.1, 0.15) is 17.5 Å². The average Bonchev–Trinajstić information content (AvgIpc) is 2.79. The third kappa shape index (κ3) is 7.83. The topological polar surface area (TPSA) is 67.4 Å². The van der Waals surface area contributed by atoms with E-state index >= 15 is 0 Å². The molecule has 6 heteroatoms.